The quantitative estimate of drug-likeness (QED) is 0.772. The van der Waals surface area contributed by atoms with Crippen LogP contribution in [0, 0.1) is 0 Å². The van der Waals surface area contributed by atoms with Crippen molar-refractivity contribution in [1.82, 2.24) is 10.6 Å². The minimum Gasteiger partial charge on any atom is -0.356 e. The molecule has 0 fully saturated rings. The summed E-state index contributed by atoms with van der Waals surface area (Å²) in [4.78, 5) is 21.9. The Labute approximate surface area is 95.0 Å². The van der Waals surface area contributed by atoms with Crippen molar-refractivity contribution in [3.05, 3.63) is 35.9 Å². The second kappa shape index (κ2) is 6.61. The van der Waals surface area contributed by atoms with Gasteiger partial charge >= 0.3 is 0 Å². The molecule has 1 aromatic rings. The Morgan fingerprint density at radius 3 is 2.44 bits per heavy atom. The lowest BCUT2D eigenvalue weighted by Gasteiger charge is -2.05. The molecule has 0 saturated carbocycles. The molecule has 0 radical (unpaired) electrons. The van der Waals surface area contributed by atoms with Gasteiger partial charge in [0, 0.05) is 26.4 Å². The maximum absolute atomic E-state index is 11.3. The van der Waals surface area contributed by atoms with Gasteiger partial charge in [0.25, 0.3) is 0 Å². The van der Waals surface area contributed by atoms with E-state index >= 15 is 0 Å². The Morgan fingerprint density at radius 1 is 1.12 bits per heavy atom. The molecule has 0 bridgehead atoms. The van der Waals surface area contributed by atoms with E-state index in [1.807, 2.05) is 30.3 Å². The van der Waals surface area contributed by atoms with Gasteiger partial charge in [-0.15, -0.1) is 0 Å². The van der Waals surface area contributed by atoms with Crippen LogP contribution in [-0.4, -0.2) is 18.4 Å². The van der Waals surface area contributed by atoms with Crippen molar-refractivity contribution in [2.24, 2.45) is 0 Å². The highest BCUT2D eigenvalue weighted by Gasteiger charge is 2.01. The third-order valence-electron chi connectivity index (χ3n) is 2.06. The first-order valence-electron chi connectivity index (χ1n) is 5.23. The fourth-order valence-electron chi connectivity index (χ4n) is 1.24. The molecule has 0 aliphatic rings. The molecule has 86 valence electrons. The molecule has 4 nitrogen and oxygen atoms in total. The summed E-state index contributed by atoms with van der Waals surface area (Å²) in [5.41, 5.74) is 1.07. The fraction of sp³-hybridized carbons (Fsp3) is 0.333. The lowest BCUT2D eigenvalue weighted by molar-refractivity contribution is -0.121. The van der Waals surface area contributed by atoms with Gasteiger partial charge in [-0.1, -0.05) is 30.3 Å². The normalized spacial score (nSPS) is 9.56. The van der Waals surface area contributed by atoms with Crippen molar-refractivity contribution >= 4 is 11.8 Å². The smallest absolute Gasteiger partial charge is 0.222 e. The zero-order chi connectivity index (χ0) is 11.8. The van der Waals surface area contributed by atoms with E-state index in [0.717, 1.165) is 5.56 Å². The predicted octanol–water partition coefficient (Wildman–Crippen LogP) is 0.829. The largest absolute Gasteiger partial charge is 0.356 e. The number of amides is 2. The topological polar surface area (TPSA) is 58.2 Å². The third kappa shape index (κ3) is 5.14. The summed E-state index contributed by atoms with van der Waals surface area (Å²) in [6, 6.07) is 9.70. The van der Waals surface area contributed by atoms with Gasteiger partial charge in [-0.25, -0.2) is 0 Å². The summed E-state index contributed by atoms with van der Waals surface area (Å²) in [7, 11) is 0. The Kier molecular flexibility index (Phi) is 5.05. The predicted molar refractivity (Wildman–Crippen MR) is 61.6 cm³/mol. The molecule has 0 saturated heterocycles. The van der Waals surface area contributed by atoms with Crippen LogP contribution in [0.15, 0.2) is 30.3 Å². The van der Waals surface area contributed by atoms with E-state index in [9.17, 15) is 9.59 Å². The number of hydrogen-bond acceptors (Lipinski definition) is 2. The highest BCUT2D eigenvalue weighted by atomic mass is 16.2. The van der Waals surface area contributed by atoms with E-state index < -0.39 is 0 Å². The number of hydrogen-bond donors (Lipinski definition) is 2. The lowest BCUT2D eigenvalue weighted by atomic mass is 10.2. The van der Waals surface area contributed by atoms with Crippen LogP contribution in [0.2, 0.25) is 0 Å². The van der Waals surface area contributed by atoms with Crippen molar-refractivity contribution < 1.29 is 9.59 Å². The molecule has 1 aromatic carbocycles. The molecule has 0 unspecified atom stereocenters. The number of carbonyl (C=O) groups is 2. The van der Waals surface area contributed by atoms with E-state index in [-0.39, 0.29) is 11.8 Å². The van der Waals surface area contributed by atoms with Gasteiger partial charge in [-0.05, 0) is 5.56 Å². The van der Waals surface area contributed by atoms with Gasteiger partial charge in [0.05, 0.1) is 0 Å². The maximum Gasteiger partial charge on any atom is 0.222 e. The number of nitrogens with one attached hydrogen (secondary N) is 2. The van der Waals surface area contributed by atoms with E-state index in [2.05, 4.69) is 10.6 Å². The zero-order valence-corrected chi connectivity index (χ0v) is 9.32. The van der Waals surface area contributed by atoms with Crippen LogP contribution in [0.4, 0.5) is 0 Å². The molecular weight excluding hydrogens is 204 g/mol. The van der Waals surface area contributed by atoms with E-state index in [1.165, 1.54) is 6.92 Å². The number of rotatable bonds is 5. The van der Waals surface area contributed by atoms with E-state index in [0.29, 0.717) is 19.5 Å². The Morgan fingerprint density at radius 2 is 1.81 bits per heavy atom. The summed E-state index contributed by atoms with van der Waals surface area (Å²) in [6.07, 6.45) is 0.312. The van der Waals surface area contributed by atoms with Gasteiger partial charge in [-0.3, -0.25) is 9.59 Å². The maximum atomic E-state index is 11.3. The molecule has 1 rings (SSSR count). The summed E-state index contributed by atoms with van der Waals surface area (Å²) < 4.78 is 0. The van der Waals surface area contributed by atoms with Crippen molar-refractivity contribution in [2.75, 3.05) is 6.54 Å². The molecule has 0 aliphatic carbocycles. The molecule has 4 heteroatoms. The first-order chi connectivity index (χ1) is 7.68. The monoisotopic (exact) mass is 220 g/mol. The molecule has 0 atom stereocenters. The van der Waals surface area contributed by atoms with Crippen LogP contribution in [0.25, 0.3) is 0 Å². The highest BCUT2D eigenvalue weighted by molar-refractivity contribution is 5.77. The SMILES string of the molecule is CC(=O)NCCC(=O)NCc1ccccc1. The van der Waals surface area contributed by atoms with Crippen LogP contribution in [0.1, 0.15) is 18.9 Å². The molecule has 16 heavy (non-hydrogen) atoms. The second-order valence-corrected chi connectivity index (χ2v) is 3.50. The van der Waals surface area contributed by atoms with Crippen LogP contribution in [0.3, 0.4) is 0 Å². The van der Waals surface area contributed by atoms with Gasteiger partial charge in [0.15, 0.2) is 0 Å². The molecule has 2 N–H and O–H groups in total. The number of benzene rings is 1. The first-order valence-corrected chi connectivity index (χ1v) is 5.23. The average Bonchev–Trinajstić information content (AvgIpc) is 2.27. The molecule has 0 aromatic heterocycles. The summed E-state index contributed by atoms with van der Waals surface area (Å²) in [6.45, 7) is 2.34. The van der Waals surface area contributed by atoms with Crippen LogP contribution in [0.5, 0.6) is 0 Å². The summed E-state index contributed by atoms with van der Waals surface area (Å²) in [5, 5.41) is 5.36. The summed E-state index contributed by atoms with van der Waals surface area (Å²) >= 11 is 0. The van der Waals surface area contributed by atoms with E-state index in [4.69, 9.17) is 0 Å². The standard InChI is InChI=1S/C12H16N2O2/c1-10(15)13-8-7-12(16)14-9-11-5-3-2-4-6-11/h2-6H,7-9H2,1H3,(H,13,15)(H,14,16). The van der Waals surface area contributed by atoms with E-state index in [1.54, 1.807) is 0 Å². The van der Waals surface area contributed by atoms with Crippen molar-refractivity contribution in [3.8, 4) is 0 Å². The van der Waals surface area contributed by atoms with Crippen LogP contribution >= 0.6 is 0 Å². The van der Waals surface area contributed by atoms with Gasteiger partial charge in [-0.2, -0.15) is 0 Å². The zero-order valence-electron chi connectivity index (χ0n) is 9.32. The van der Waals surface area contributed by atoms with Crippen LogP contribution < -0.4 is 10.6 Å². The summed E-state index contributed by atoms with van der Waals surface area (Å²) in [5.74, 6) is -0.173. The first kappa shape index (κ1) is 12.2. The molecule has 0 aliphatic heterocycles. The Hall–Kier alpha value is -1.84. The van der Waals surface area contributed by atoms with Crippen LogP contribution in [-0.2, 0) is 16.1 Å². The highest BCUT2D eigenvalue weighted by Crippen LogP contribution is 1.97. The van der Waals surface area contributed by atoms with Gasteiger partial charge in [0.1, 0.15) is 0 Å². The molecule has 2 amide bonds. The fourth-order valence-corrected chi connectivity index (χ4v) is 1.24. The minimum atomic E-state index is -0.115. The average molecular weight is 220 g/mol. The minimum absolute atomic E-state index is 0.0578. The van der Waals surface area contributed by atoms with Gasteiger partial charge < -0.3 is 10.6 Å². The Balaban J connectivity index is 2.18. The lowest BCUT2D eigenvalue weighted by Crippen LogP contribution is -2.29. The van der Waals surface area contributed by atoms with Crippen molar-refractivity contribution in [1.29, 1.82) is 0 Å². The third-order valence-corrected chi connectivity index (χ3v) is 2.06. The van der Waals surface area contributed by atoms with Gasteiger partial charge in [0.2, 0.25) is 11.8 Å². The second-order valence-electron chi connectivity index (χ2n) is 3.50. The molecular formula is C12H16N2O2. The number of carbonyl (C=O) groups excluding carboxylic acids is 2. The molecule has 0 heterocycles. The van der Waals surface area contributed by atoms with Crippen molar-refractivity contribution in [2.45, 2.75) is 19.9 Å². The Bertz CT molecular complexity index is 349. The molecule has 0 spiro atoms. The van der Waals surface area contributed by atoms with Crippen molar-refractivity contribution in [3.63, 3.8) is 0 Å².